The van der Waals surface area contributed by atoms with Gasteiger partial charge in [0.1, 0.15) is 34.9 Å². The van der Waals surface area contributed by atoms with Crippen LogP contribution in [0.25, 0.3) is 0 Å². The van der Waals surface area contributed by atoms with Gasteiger partial charge in [-0.3, -0.25) is 28.8 Å². The molecule has 2 aromatic heterocycles. The first-order valence-corrected chi connectivity index (χ1v) is 13.9. The normalized spacial score (nSPS) is 20.9. The van der Waals surface area contributed by atoms with Gasteiger partial charge in [-0.15, -0.1) is 0 Å². The number of β-lactam (4-membered cyclic amide) rings is 1. The largest absolute Gasteiger partial charge is 0.477 e. The number of thioether (sulfide) groups is 1. The Balaban J connectivity index is 1.52. The van der Waals surface area contributed by atoms with Crippen LogP contribution in [-0.2, 0) is 30.0 Å². The van der Waals surface area contributed by atoms with Crippen molar-refractivity contribution in [1.29, 1.82) is 0 Å². The zero-order valence-electron chi connectivity index (χ0n) is 19.7. The van der Waals surface area contributed by atoms with Gasteiger partial charge in [0.2, 0.25) is 11.5 Å². The van der Waals surface area contributed by atoms with Crippen LogP contribution in [0.5, 0.6) is 0 Å². The van der Waals surface area contributed by atoms with Crippen molar-refractivity contribution < 1.29 is 33.5 Å². The summed E-state index contributed by atoms with van der Waals surface area (Å²) in [7, 11) is -1.78. The van der Waals surface area contributed by atoms with E-state index in [1.807, 2.05) is 0 Å². The van der Waals surface area contributed by atoms with Crippen molar-refractivity contribution in [2.24, 2.45) is 5.16 Å². The molecule has 3 atom stereocenters. The van der Waals surface area contributed by atoms with Gasteiger partial charge >= 0.3 is 5.97 Å². The topological polar surface area (TPSA) is 233 Å². The third-order valence-electron chi connectivity index (χ3n) is 5.19. The molecule has 0 aromatic carbocycles. The first-order chi connectivity index (χ1) is 18.6. The Morgan fingerprint density at radius 2 is 2.26 bits per heavy atom. The number of amides is 2. The Morgan fingerprint density at radius 1 is 1.49 bits per heavy atom. The molecule has 2 aliphatic heterocycles. The van der Waals surface area contributed by atoms with Crippen LogP contribution in [0, 0.1) is 10.1 Å². The molecule has 1 fully saturated rings. The van der Waals surface area contributed by atoms with Gasteiger partial charge in [0.15, 0.2) is 5.13 Å². The van der Waals surface area contributed by atoms with Crippen molar-refractivity contribution in [3.05, 3.63) is 57.0 Å². The van der Waals surface area contributed by atoms with E-state index in [2.05, 4.69) is 24.8 Å². The third kappa shape index (κ3) is 5.78. The highest BCUT2D eigenvalue weighted by Crippen LogP contribution is 2.36. The van der Waals surface area contributed by atoms with Gasteiger partial charge in [0.05, 0.1) is 21.5 Å². The molecule has 16 nitrogen and oxygen atoms in total. The van der Waals surface area contributed by atoms with E-state index in [1.165, 1.54) is 23.6 Å². The predicted molar refractivity (Wildman–Crippen MR) is 139 cm³/mol. The lowest BCUT2D eigenvalue weighted by Gasteiger charge is -2.48. The molecular weight excluding hydrogens is 576 g/mol. The van der Waals surface area contributed by atoms with Crippen LogP contribution < -0.4 is 11.1 Å². The summed E-state index contributed by atoms with van der Waals surface area (Å²) in [4.78, 5) is 61.7. The maximum absolute atomic E-state index is 13.0. The van der Waals surface area contributed by atoms with Crippen LogP contribution in [0.15, 0.2) is 51.3 Å². The minimum atomic E-state index is -1.78. The molecule has 39 heavy (non-hydrogen) atoms. The molecule has 2 aromatic rings. The van der Waals surface area contributed by atoms with Crippen molar-refractivity contribution in [3.63, 3.8) is 0 Å². The number of pyridine rings is 1. The van der Waals surface area contributed by atoms with Crippen LogP contribution in [0.2, 0.25) is 0 Å². The van der Waals surface area contributed by atoms with Crippen molar-refractivity contribution >= 4 is 68.4 Å². The summed E-state index contributed by atoms with van der Waals surface area (Å²) in [6.45, 7) is 1.76. The average molecular weight is 595 g/mol. The zero-order chi connectivity index (χ0) is 28.3. The Bertz CT molecular complexity index is 1450. The number of oxime groups is 1. The highest BCUT2D eigenvalue weighted by molar-refractivity contribution is 8.02. The number of carbonyl (C=O) groups is 3. The zero-order valence-corrected chi connectivity index (χ0v) is 22.2. The fourth-order valence-corrected chi connectivity index (χ4v) is 6.23. The maximum Gasteiger partial charge on any atom is 0.352 e. The van der Waals surface area contributed by atoms with Gasteiger partial charge in [-0.25, -0.2) is 9.78 Å². The number of anilines is 1. The molecule has 0 saturated carbocycles. The van der Waals surface area contributed by atoms with Crippen molar-refractivity contribution in [2.75, 3.05) is 18.1 Å². The molecule has 4 heterocycles. The number of hydrogen-bond acceptors (Lipinski definition) is 14. The fraction of sp³-hybridized carbons (Fsp3) is 0.250. The molecule has 0 radical (unpaired) electrons. The number of nitrogens with two attached hydrogens (primary N) is 1. The van der Waals surface area contributed by atoms with E-state index in [0.717, 1.165) is 34.4 Å². The van der Waals surface area contributed by atoms with E-state index < -0.39 is 44.9 Å². The molecule has 2 aliphatic rings. The second-order valence-corrected chi connectivity index (χ2v) is 10.8. The third-order valence-corrected chi connectivity index (χ3v) is 8.10. The molecule has 204 valence electrons. The standard InChI is InChI=1S/C20H18N8O8S3/c1-2-36-25-12(15-24-20(21)38-26-15)16(29)23-13-17(30)27-14(19(31)32)9(8-39(35)18(13)27)5-6-37-11-4-3-10(7-22-11)28(33)34/h3-7,13,18H,2,8H2,1H3,(H,23,29)(H,31,32)(H2,21,24,26)/t13?,18-,39?/m0/s1. The number of nitrogens with zero attached hydrogens (tertiary/aromatic N) is 6. The van der Waals surface area contributed by atoms with Gasteiger partial charge in [-0.1, -0.05) is 16.9 Å². The molecular formula is C20H18N8O8S3. The van der Waals surface area contributed by atoms with Crippen LogP contribution in [0.1, 0.15) is 12.7 Å². The smallest absolute Gasteiger partial charge is 0.352 e. The van der Waals surface area contributed by atoms with E-state index in [-0.39, 0.29) is 46.0 Å². The molecule has 4 rings (SSSR count). The van der Waals surface area contributed by atoms with E-state index in [1.54, 1.807) is 6.92 Å². The van der Waals surface area contributed by atoms with Gasteiger partial charge in [0.25, 0.3) is 17.5 Å². The van der Waals surface area contributed by atoms with E-state index >= 15 is 0 Å². The number of rotatable bonds is 10. The summed E-state index contributed by atoms with van der Waals surface area (Å²) in [5.74, 6) is -3.44. The minimum Gasteiger partial charge on any atom is -0.477 e. The summed E-state index contributed by atoms with van der Waals surface area (Å²) < 4.78 is 17.0. The van der Waals surface area contributed by atoms with Crippen LogP contribution in [-0.4, -0.2) is 80.8 Å². The lowest BCUT2D eigenvalue weighted by atomic mass is 10.0. The van der Waals surface area contributed by atoms with Gasteiger partial charge in [0, 0.05) is 17.6 Å². The number of nitro groups is 1. The van der Waals surface area contributed by atoms with E-state index in [4.69, 9.17) is 10.6 Å². The number of carboxylic acid groups (broad SMARTS) is 1. The van der Waals surface area contributed by atoms with Crippen LogP contribution in [0.3, 0.4) is 0 Å². The Kier molecular flexibility index (Phi) is 8.31. The molecule has 4 N–H and O–H groups in total. The van der Waals surface area contributed by atoms with E-state index in [0.29, 0.717) is 5.03 Å². The Hall–Kier alpha value is -4.23. The second kappa shape index (κ2) is 11.7. The Labute approximate surface area is 229 Å². The van der Waals surface area contributed by atoms with Crippen molar-refractivity contribution in [1.82, 2.24) is 24.6 Å². The summed E-state index contributed by atoms with van der Waals surface area (Å²) in [6.07, 6.45) is 2.46. The molecule has 0 aliphatic carbocycles. The average Bonchev–Trinajstić information content (AvgIpc) is 3.33. The summed E-state index contributed by atoms with van der Waals surface area (Å²) in [6, 6.07) is 1.39. The molecule has 1 saturated heterocycles. The van der Waals surface area contributed by atoms with Crippen molar-refractivity contribution in [2.45, 2.75) is 23.4 Å². The van der Waals surface area contributed by atoms with Crippen molar-refractivity contribution in [3.8, 4) is 0 Å². The number of allylic oxidation sites excluding steroid dienone is 1. The predicted octanol–water partition coefficient (Wildman–Crippen LogP) is 0.224. The highest BCUT2D eigenvalue weighted by Gasteiger charge is 2.57. The number of aromatic nitrogens is 3. The van der Waals surface area contributed by atoms with Gasteiger partial charge in [-0.05, 0) is 30.0 Å². The quantitative estimate of drug-likeness (QED) is 0.110. The number of hydrogen-bond donors (Lipinski definition) is 3. The number of fused-ring (bicyclic) bond motifs is 1. The molecule has 2 unspecified atom stereocenters. The minimum absolute atomic E-state index is 0.0700. The lowest BCUT2D eigenvalue weighted by Crippen LogP contribution is -2.74. The van der Waals surface area contributed by atoms with E-state index in [9.17, 15) is 33.8 Å². The number of aliphatic carboxylic acids is 1. The van der Waals surface area contributed by atoms with Crippen LogP contribution in [0.4, 0.5) is 10.8 Å². The number of nitrogen functional groups attached to an aromatic ring is 1. The summed E-state index contributed by atoms with van der Waals surface area (Å²) in [5.41, 5.74) is 4.77. The molecule has 19 heteroatoms. The Morgan fingerprint density at radius 3 is 2.85 bits per heavy atom. The van der Waals surface area contributed by atoms with Gasteiger partial charge in [-0.2, -0.15) is 9.36 Å². The monoisotopic (exact) mass is 594 g/mol. The number of nitrogens with one attached hydrogen (secondary N) is 1. The summed E-state index contributed by atoms with van der Waals surface area (Å²) in [5, 5.41) is 27.5. The molecule has 2 amide bonds. The first-order valence-electron chi connectivity index (χ1n) is 10.8. The van der Waals surface area contributed by atoms with Gasteiger partial charge < -0.3 is 21.0 Å². The number of carboxylic acids is 1. The highest BCUT2D eigenvalue weighted by atomic mass is 32.2. The molecule has 0 spiro atoms. The maximum atomic E-state index is 13.0. The molecule has 0 bridgehead atoms. The fourth-order valence-electron chi connectivity index (χ4n) is 3.52. The lowest BCUT2D eigenvalue weighted by molar-refractivity contribution is -0.385. The summed E-state index contributed by atoms with van der Waals surface area (Å²) >= 11 is 1.86. The number of carbonyl (C=O) groups excluding carboxylic acids is 2. The SMILES string of the molecule is CCON=C(C(=O)NC1C(=O)N2C(C(=O)O)=C(C=CSc3ccc([N+](=O)[O-])cn3)CS(=O)[C@@H]12)c1nsc(N)n1. The van der Waals surface area contributed by atoms with Crippen LogP contribution >= 0.6 is 23.3 Å². The second-order valence-electron chi connectivity index (χ2n) is 7.60. The first kappa shape index (κ1) is 27.8.